The van der Waals surface area contributed by atoms with E-state index in [9.17, 15) is 4.79 Å². The lowest BCUT2D eigenvalue weighted by atomic mass is 10.0. The van der Waals surface area contributed by atoms with E-state index in [1.54, 1.807) is 18.9 Å². The van der Waals surface area contributed by atoms with E-state index in [2.05, 4.69) is 40.1 Å². The van der Waals surface area contributed by atoms with Crippen molar-refractivity contribution in [2.45, 2.75) is 36.1 Å². The van der Waals surface area contributed by atoms with Gasteiger partial charge in [-0.3, -0.25) is 0 Å². The predicted molar refractivity (Wildman–Crippen MR) is 108 cm³/mol. The molecule has 1 atom stereocenters. The number of pyridine rings is 1. The number of benzene rings is 1. The first-order chi connectivity index (χ1) is 12.4. The molecule has 2 rings (SSSR count). The van der Waals surface area contributed by atoms with E-state index < -0.39 is 6.04 Å². The van der Waals surface area contributed by atoms with Crippen molar-refractivity contribution in [3.8, 4) is 5.75 Å². The Bertz CT molecular complexity index is 738. The summed E-state index contributed by atoms with van der Waals surface area (Å²) < 4.78 is 10.8. The molecular weight excluding hydrogens is 416 g/mol. The lowest BCUT2D eigenvalue weighted by molar-refractivity contribution is -0.141. The summed E-state index contributed by atoms with van der Waals surface area (Å²) in [5, 5.41) is 3.20. The number of rotatable bonds is 8. The van der Waals surface area contributed by atoms with Crippen molar-refractivity contribution in [3.63, 3.8) is 0 Å². The maximum absolute atomic E-state index is 12.0. The number of carbonyl (C=O) groups excluding carboxylic acids is 1. The Morgan fingerprint density at radius 2 is 1.88 bits per heavy atom. The molecule has 0 aliphatic rings. The summed E-state index contributed by atoms with van der Waals surface area (Å²) in [5.74, 6) is 1.52. The highest BCUT2D eigenvalue weighted by Crippen LogP contribution is 2.32. The molecule has 0 aliphatic carbocycles. The lowest BCUT2D eigenvalue weighted by Crippen LogP contribution is -2.32. The minimum Gasteiger partial charge on any atom is -0.497 e. The van der Waals surface area contributed by atoms with E-state index >= 15 is 0 Å². The number of methoxy groups -OCH3 is 2. The molecule has 0 unspecified atom stereocenters. The normalized spacial score (nSPS) is 11.9. The fraction of sp³-hybridized carbons (Fsp3) is 0.368. The quantitative estimate of drug-likeness (QED) is 0.461. The van der Waals surface area contributed by atoms with Crippen molar-refractivity contribution < 1.29 is 14.3 Å². The first-order valence-corrected chi connectivity index (χ1v) is 9.86. The molecule has 7 heteroatoms. The Labute approximate surface area is 167 Å². The summed E-state index contributed by atoms with van der Waals surface area (Å²) in [4.78, 5) is 18.6. The molecule has 0 saturated heterocycles. The van der Waals surface area contributed by atoms with Gasteiger partial charge in [0, 0.05) is 9.79 Å². The largest absolute Gasteiger partial charge is 0.497 e. The van der Waals surface area contributed by atoms with Gasteiger partial charge in [0.15, 0.2) is 0 Å². The van der Waals surface area contributed by atoms with Gasteiger partial charge in [0.25, 0.3) is 0 Å². The third-order valence-electron chi connectivity index (χ3n) is 3.58. The zero-order chi connectivity index (χ0) is 19.1. The molecule has 2 aromatic rings. The van der Waals surface area contributed by atoms with Gasteiger partial charge in [0.1, 0.15) is 22.2 Å². The van der Waals surface area contributed by atoms with Crippen molar-refractivity contribution in [2.75, 3.05) is 19.5 Å². The molecule has 0 amide bonds. The van der Waals surface area contributed by atoms with E-state index in [4.69, 9.17) is 9.47 Å². The van der Waals surface area contributed by atoms with Crippen LogP contribution >= 0.6 is 27.7 Å². The number of aromatic nitrogens is 1. The van der Waals surface area contributed by atoms with Gasteiger partial charge in [-0.05, 0) is 64.7 Å². The van der Waals surface area contributed by atoms with Crippen LogP contribution < -0.4 is 10.1 Å². The van der Waals surface area contributed by atoms with Crippen molar-refractivity contribution in [1.82, 2.24) is 4.98 Å². The second-order valence-corrected chi connectivity index (χ2v) is 8.10. The van der Waals surface area contributed by atoms with Gasteiger partial charge >= 0.3 is 5.97 Å². The Hall–Kier alpha value is -1.73. The molecule has 5 nitrogen and oxygen atoms in total. The van der Waals surface area contributed by atoms with Crippen LogP contribution in [0.4, 0.5) is 5.82 Å². The summed E-state index contributed by atoms with van der Waals surface area (Å²) in [6, 6.07) is 11.3. The summed E-state index contributed by atoms with van der Waals surface area (Å²) in [6.45, 7) is 4.13. The number of hydrogen-bond donors (Lipinski definition) is 1. The first kappa shape index (κ1) is 20.6. The highest BCUT2D eigenvalue weighted by atomic mass is 79.9. The van der Waals surface area contributed by atoms with Gasteiger partial charge in [0.05, 0.1) is 14.2 Å². The van der Waals surface area contributed by atoms with Crippen LogP contribution in [0.5, 0.6) is 5.75 Å². The number of halogens is 1. The van der Waals surface area contributed by atoms with Crippen LogP contribution in [-0.4, -0.2) is 31.2 Å². The van der Waals surface area contributed by atoms with E-state index in [0.717, 1.165) is 15.5 Å². The van der Waals surface area contributed by atoms with Crippen LogP contribution in [-0.2, 0) is 9.53 Å². The second-order valence-electron chi connectivity index (χ2n) is 6.14. The van der Waals surface area contributed by atoms with Crippen LogP contribution in [0.2, 0.25) is 0 Å². The van der Waals surface area contributed by atoms with Crippen molar-refractivity contribution in [1.29, 1.82) is 0 Å². The molecule has 1 aromatic heterocycles. The molecule has 26 heavy (non-hydrogen) atoms. The van der Waals surface area contributed by atoms with Crippen LogP contribution in [0.3, 0.4) is 0 Å². The Kier molecular flexibility index (Phi) is 7.78. The average Bonchev–Trinajstić information content (AvgIpc) is 2.60. The molecule has 0 aliphatic heterocycles. The Balaban J connectivity index is 2.17. The van der Waals surface area contributed by atoms with Crippen LogP contribution in [0.15, 0.2) is 50.8 Å². The zero-order valence-corrected chi connectivity index (χ0v) is 17.7. The number of anilines is 1. The predicted octanol–water partition coefficient (Wildman–Crippen LogP) is 5.00. The molecule has 0 radical (unpaired) electrons. The standard InChI is InChI=1S/C19H23BrN2O3S/c1-12(2)9-16(19(23)25-4)21-18-11-15(10-17(20)22-18)26-14-7-5-13(24-3)6-8-14/h5-8,10-12,16H,9H2,1-4H3,(H,21,22)/t16-/m0/s1. The number of nitrogens with zero attached hydrogens (tertiary/aromatic N) is 1. The topological polar surface area (TPSA) is 60.5 Å². The van der Waals surface area contributed by atoms with Gasteiger partial charge in [-0.25, -0.2) is 9.78 Å². The summed E-state index contributed by atoms with van der Waals surface area (Å²) >= 11 is 5.05. The summed E-state index contributed by atoms with van der Waals surface area (Å²) in [7, 11) is 3.05. The Morgan fingerprint density at radius 1 is 1.19 bits per heavy atom. The fourth-order valence-corrected chi connectivity index (χ4v) is 3.87. The lowest BCUT2D eigenvalue weighted by Gasteiger charge is -2.19. The maximum atomic E-state index is 12.0. The zero-order valence-electron chi connectivity index (χ0n) is 15.3. The molecular formula is C19H23BrN2O3S. The molecule has 0 saturated carbocycles. The van der Waals surface area contributed by atoms with E-state index in [-0.39, 0.29) is 5.97 Å². The van der Waals surface area contributed by atoms with Crippen molar-refractivity contribution >= 4 is 39.5 Å². The third-order valence-corrected chi connectivity index (χ3v) is 4.96. The monoisotopic (exact) mass is 438 g/mol. The minimum absolute atomic E-state index is 0.287. The van der Waals surface area contributed by atoms with Gasteiger partial charge in [-0.1, -0.05) is 25.6 Å². The molecule has 1 heterocycles. The fourth-order valence-electron chi connectivity index (χ4n) is 2.39. The Morgan fingerprint density at radius 3 is 2.46 bits per heavy atom. The van der Waals surface area contributed by atoms with Crippen molar-refractivity contribution in [3.05, 3.63) is 41.0 Å². The highest BCUT2D eigenvalue weighted by Gasteiger charge is 2.21. The maximum Gasteiger partial charge on any atom is 0.328 e. The van der Waals surface area contributed by atoms with E-state index in [0.29, 0.717) is 22.8 Å². The van der Waals surface area contributed by atoms with E-state index in [1.165, 1.54) is 7.11 Å². The first-order valence-electron chi connectivity index (χ1n) is 8.25. The van der Waals surface area contributed by atoms with Crippen LogP contribution in [0.1, 0.15) is 20.3 Å². The second kappa shape index (κ2) is 9.83. The molecule has 0 fully saturated rings. The number of esters is 1. The number of ether oxygens (including phenoxy) is 2. The minimum atomic E-state index is -0.430. The molecule has 0 spiro atoms. The number of carbonyl (C=O) groups is 1. The van der Waals surface area contributed by atoms with Gasteiger partial charge in [-0.2, -0.15) is 0 Å². The summed E-state index contributed by atoms with van der Waals surface area (Å²) in [5.41, 5.74) is 0. The molecule has 0 bridgehead atoms. The summed E-state index contributed by atoms with van der Waals surface area (Å²) in [6.07, 6.45) is 0.668. The third kappa shape index (κ3) is 6.21. The smallest absolute Gasteiger partial charge is 0.328 e. The van der Waals surface area contributed by atoms with Crippen molar-refractivity contribution in [2.24, 2.45) is 5.92 Å². The number of hydrogen-bond acceptors (Lipinski definition) is 6. The van der Waals surface area contributed by atoms with E-state index in [1.807, 2.05) is 36.4 Å². The van der Waals surface area contributed by atoms with Gasteiger partial charge in [-0.15, -0.1) is 0 Å². The molecule has 1 aromatic carbocycles. The SMILES string of the molecule is COC(=O)[C@H](CC(C)C)Nc1cc(Sc2ccc(OC)cc2)cc(Br)n1. The molecule has 1 N–H and O–H groups in total. The van der Waals surface area contributed by atoms with Crippen LogP contribution in [0, 0.1) is 5.92 Å². The average molecular weight is 439 g/mol. The van der Waals surface area contributed by atoms with Gasteiger partial charge < -0.3 is 14.8 Å². The highest BCUT2D eigenvalue weighted by molar-refractivity contribution is 9.10. The van der Waals surface area contributed by atoms with Gasteiger partial charge in [0.2, 0.25) is 0 Å². The van der Waals surface area contributed by atoms with Crippen LogP contribution in [0.25, 0.3) is 0 Å². The molecule has 140 valence electrons. The number of nitrogens with one attached hydrogen (secondary N) is 1.